The van der Waals surface area contributed by atoms with Crippen molar-refractivity contribution in [1.82, 2.24) is 0 Å². The molecule has 2 aromatic carbocycles. The summed E-state index contributed by atoms with van der Waals surface area (Å²) in [5, 5.41) is 0. The summed E-state index contributed by atoms with van der Waals surface area (Å²) in [6.45, 7) is 8.43. The van der Waals surface area contributed by atoms with Crippen LogP contribution in [0.2, 0.25) is 0 Å². The van der Waals surface area contributed by atoms with Crippen molar-refractivity contribution < 1.29 is 64.1 Å². The van der Waals surface area contributed by atoms with Gasteiger partial charge in [-0.15, -0.1) is 0 Å². The van der Waals surface area contributed by atoms with Gasteiger partial charge in [-0.1, -0.05) is 117 Å². The van der Waals surface area contributed by atoms with Crippen molar-refractivity contribution >= 4 is 81.9 Å². The molecule has 0 spiro atoms. The Bertz CT molecular complexity index is 1930. The van der Waals surface area contributed by atoms with Crippen molar-refractivity contribution in [3.63, 3.8) is 0 Å². The summed E-state index contributed by atoms with van der Waals surface area (Å²) in [5.74, 6) is -4.12. The molecule has 356 valence electrons. The number of unbranched alkanes of at least 4 members (excludes halogenated alkanes) is 16. The Morgan fingerprint density at radius 1 is 0.431 bits per heavy atom. The first-order valence-corrected chi connectivity index (χ1v) is 25.1. The van der Waals surface area contributed by atoms with Gasteiger partial charge in [0.2, 0.25) is 0 Å². The summed E-state index contributed by atoms with van der Waals surface area (Å²) in [6.07, 6.45) is 31.1. The van der Waals surface area contributed by atoms with Crippen LogP contribution < -0.4 is 0 Å². The molecule has 0 bridgehead atoms. The molecule has 0 heterocycles. The number of carbonyl (C=O) groups excluding carboxylic acids is 4. The molecule has 0 N–H and O–H groups in total. The van der Waals surface area contributed by atoms with Gasteiger partial charge in [0.15, 0.2) is 0 Å². The van der Waals surface area contributed by atoms with E-state index in [9.17, 15) is 45.1 Å². The molecular formula is C48H66CaO14S2. The average molecular weight is 971 g/mol. The van der Waals surface area contributed by atoms with E-state index in [-0.39, 0.29) is 48.9 Å². The van der Waals surface area contributed by atoms with Gasteiger partial charge >= 0.3 is 61.6 Å². The number of benzene rings is 2. The molecule has 0 unspecified atom stereocenters. The fraction of sp³-hybridized carbons (Fsp3) is 0.500. The van der Waals surface area contributed by atoms with Crippen molar-refractivity contribution in [2.45, 2.75) is 166 Å². The number of rotatable bonds is 30. The van der Waals surface area contributed by atoms with Gasteiger partial charge in [-0.25, -0.2) is 36.0 Å². The summed E-state index contributed by atoms with van der Waals surface area (Å²) < 4.78 is 89.9. The van der Waals surface area contributed by atoms with Gasteiger partial charge in [-0.05, 0) is 99.9 Å². The van der Waals surface area contributed by atoms with Gasteiger partial charge in [0, 0.05) is 0 Å². The van der Waals surface area contributed by atoms with E-state index in [0.29, 0.717) is 12.8 Å². The van der Waals surface area contributed by atoms with Gasteiger partial charge < -0.3 is 28.1 Å². The third-order valence-electron chi connectivity index (χ3n) is 9.42. The van der Waals surface area contributed by atoms with Crippen molar-refractivity contribution in [2.75, 3.05) is 0 Å². The van der Waals surface area contributed by atoms with Crippen molar-refractivity contribution in [3.8, 4) is 0 Å². The molecule has 0 aliphatic heterocycles. The van der Waals surface area contributed by atoms with Gasteiger partial charge in [0.05, 0.1) is 57.1 Å². The van der Waals surface area contributed by atoms with Gasteiger partial charge in [-0.2, -0.15) is 0 Å². The average Bonchev–Trinajstić information content (AvgIpc) is 3.26. The molecule has 2 aromatic rings. The van der Waals surface area contributed by atoms with E-state index in [4.69, 9.17) is 18.9 Å². The first kappa shape index (κ1) is 61.4. The minimum atomic E-state index is -5.02. The molecular weight excluding hydrogens is 905 g/mol. The summed E-state index contributed by atoms with van der Waals surface area (Å²) in [4.78, 5) is 48.4. The zero-order valence-corrected chi connectivity index (χ0v) is 42.3. The maximum absolute atomic E-state index is 12.5. The molecule has 0 fully saturated rings. The molecule has 0 aliphatic carbocycles. The van der Waals surface area contributed by atoms with Crippen LogP contribution in [-0.2, 0) is 39.2 Å². The normalized spacial score (nSPS) is 11.7. The summed E-state index contributed by atoms with van der Waals surface area (Å²) in [7, 11) is -10.0. The quantitative estimate of drug-likeness (QED) is 0.0178. The molecule has 14 nitrogen and oxygen atoms in total. The molecule has 0 atom stereocenters. The summed E-state index contributed by atoms with van der Waals surface area (Å²) in [6, 6.07) is 6.78. The standard InChI is InChI=1S/2C24H34O7S.Ca/c2*1-3-5-7-9-11-13-18-30-23(25)20-16-15-17-21(32(27,28)29)22(20)24(26)31-19-14-12-10-8-6-4-2;/h2*13-19H,3-12H2,1-2H3,(H,27,28,29);/q;;+2/p-2/b2*18-13+,19-14+;. The van der Waals surface area contributed by atoms with Crippen LogP contribution in [0.5, 0.6) is 0 Å². The smallest absolute Gasteiger partial charge is 0.744 e. The van der Waals surface area contributed by atoms with Crippen LogP contribution in [0.4, 0.5) is 0 Å². The van der Waals surface area contributed by atoms with Crippen LogP contribution in [0.1, 0.15) is 198 Å². The second-order valence-electron chi connectivity index (χ2n) is 14.8. The Kier molecular flexibility index (Phi) is 34.4. The van der Waals surface area contributed by atoms with E-state index in [1.54, 1.807) is 24.3 Å². The molecule has 0 amide bonds. The Morgan fingerprint density at radius 3 is 0.938 bits per heavy atom. The fourth-order valence-electron chi connectivity index (χ4n) is 5.95. The Labute approximate surface area is 416 Å². The van der Waals surface area contributed by atoms with Crippen LogP contribution in [0.15, 0.2) is 95.5 Å². The molecule has 0 aromatic heterocycles. The molecule has 65 heavy (non-hydrogen) atoms. The number of allylic oxidation sites excluding steroid dienone is 4. The fourth-order valence-corrected chi connectivity index (χ4v) is 7.33. The number of ether oxygens (including phenoxy) is 4. The minimum Gasteiger partial charge on any atom is -0.744 e. The van der Waals surface area contributed by atoms with Crippen molar-refractivity contribution in [2.24, 2.45) is 0 Å². The van der Waals surface area contributed by atoms with E-state index in [1.165, 1.54) is 36.8 Å². The Hall–Kier alpha value is -3.64. The first-order valence-electron chi connectivity index (χ1n) is 22.3. The van der Waals surface area contributed by atoms with E-state index in [0.717, 1.165) is 140 Å². The third-order valence-corrected chi connectivity index (χ3v) is 11.2. The number of esters is 4. The molecule has 0 saturated carbocycles. The molecule has 17 heteroatoms. The largest absolute Gasteiger partial charge is 2.00 e. The second-order valence-corrected chi connectivity index (χ2v) is 17.5. The maximum atomic E-state index is 12.5. The van der Waals surface area contributed by atoms with E-state index in [1.807, 2.05) is 0 Å². The van der Waals surface area contributed by atoms with Crippen LogP contribution in [0, 0.1) is 0 Å². The Morgan fingerprint density at radius 2 is 0.692 bits per heavy atom. The van der Waals surface area contributed by atoms with Crippen LogP contribution in [0.3, 0.4) is 0 Å². The molecule has 2 rings (SSSR count). The third kappa shape index (κ3) is 26.3. The zero-order chi connectivity index (χ0) is 47.6. The van der Waals surface area contributed by atoms with E-state index < -0.39 is 65.0 Å². The minimum absolute atomic E-state index is 0. The molecule has 0 saturated heterocycles. The maximum Gasteiger partial charge on any atom is 2.00 e. The summed E-state index contributed by atoms with van der Waals surface area (Å²) >= 11 is 0. The van der Waals surface area contributed by atoms with Crippen molar-refractivity contribution in [1.29, 1.82) is 0 Å². The van der Waals surface area contributed by atoms with Gasteiger partial charge in [-0.3, -0.25) is 0 Å². The number of hydrogen-bond donors (Lipinski definition) is 0. The Balaban J connectivity index is 0.00000124. The van der Waals surface area contributed by atoms with Crippen molar-refractivity contribution in [3.05, 3.63) is 108 Å². The van der Waals surface area contributed by atoms with Crippen LogP contribution >= 0.6 is 0 Å². The van der Waals surface area contributed by atoms with Crippen LogP contribution in [-0.4, -0.2) is 87.6 Å². The van der Waals surface area contributed by atoms with Gasteiger partial charge in [0.1, 0.15) is 20.2 Å². The second kappa shape index (κ2) is 36.5. The predicted octanol–water partition coefficient (Wildman–Crippen LogP) is 11.4. The number of carbonyl (C=O) groups is 4. The first-order chi connectivity index (χ1) is 30.6. The zero-order valence-electron chi connectivity index (χ0n) is 38.5. The van der Waals surface area contributed by atoms with Gasteiger partial charge in [0.25, 0.3) is 0 Å². The topological polar surface area (TPSA) is 220 Å². The van der Waals surface area contributed by atoms with E-state index in [2.05, 4.69) is 27.7 Å². The monoisotopic (exact) mass is 970 g/mol. The SMILES string of the molecule is CCCCCC/C=C/OC(=O)c1cccc(S(=O)(=O)[O-])c1C(=O)O/C=C/CCCCCC.CCCCCC/C=C/OC(=O)c1cccc(S(=O)(=O)[O-])c1C(=O)O/C=C/CCCCCC.[Ca+2]. The molecule has 0 aliphatic rings. The van der Waals surface area contributed by atoms with E-state index >= 15 is 0 Å². The molecule has 0 radical (unpaired) electrons. The number of hydrogen-bond acceptors (Lipinski definition) is 14. The van der Waals surface area contributed by atoms with Crippen LogP contribution in [0.25, 0.3) is 0 Å². The predicted molar refractivity (Wildman–Crippen MR) is 248 cm³/mol. The summed E-state index contributed by atoms with van der Waals surface area (Å²) in [5.41, 5.74) is -1.95.